The molecule has 0 N–H and O–H groups in total. The Morgan fingerprint density at radius 2 is 1.63 bits per heavy atom. The summed E-state index contributed by atoms with van der Waals surface area (Å²) in [6.07, 6.45) is 1.38. The van der Waals surface area contributed by atoms with Crippen molar-refractivity contribution in [1.29, 1.82) is 0 Å². The Bertz CT molecular complexity index is 1150. The second-order valence-electron chi connectivity index (χ2n) is 6.45. The highest BCUT2D eigenvalue weighted by molar-refractivity contribution is 5.98. The van der Waals surface area contributed by atoms with Gasteiger partial charge in [0.1, 0.15) is 12.3 Å². The summed E-state index contributed by atoms with van der Waals surface area (Å²) in [4.78, 5) is 48.9. The van der Waals surface area contributed by atoms with Crippen LogP contribution in [-0.2, 0) is 22.6 Å². The highest BCUT2D eigenvalue weighted by Crippen LogP contribution is 2.11. The highest BCUT2D eigenvalue weighted by atomic mass is 16.5. The fourth-order valence-electron chi connectivity index (χ4n) is 2.78. The van der Waals surface area contributed by atoms with E-state index in [1.807, 2.05) is 30.3 Å². The maximum Gasteiger partial charge on any atom is 0.331 e. The zero-order valence-electron chi connectivity index (χ0n) is 16.3. The zero-order valence-corrected chi connectivity index (χ0v) is 16.3. The number of Topliss-reactive ketones (excluding diaryl/α,β-unsaturated/α-hetero) is 1. The van der Waals surface area contributed by atoms with Crippen LogP contribution in [0, 0.1) is 0 Å². The van der Waals surface area contributed by atoms with Crippen LogP contribution in [0.15, 0.2) is 76.4 Å². The Morgan fingerprint density at radius 1 is 0.933 bits per heavy atom. The lowest BCUT2D eigenvalue weighted by Gasteiger charge is -2.10. The van der Waals surface area contributed by atoms with Crippen LogP contribution in [0.1, 0.15) is 15.9 Å². The van der Waals surface area contributed by atoms with E-state index in [0.29, 0.717) is 11.3 Å². The van der Waals surface area contributed by atoms with Gasteiger partial charge in [-0.05, 0) is 29.8 Å². The van der Waals surface area contributed by atoms with Crippen LogP contribution in [0.5, 0.6) is 5.75 Å². The molecule has 0 saturated carbocycles. The maximum absolute atomic E-state index is 12.6. The van der Waals surface area contributed by atoms with Crippen LogP contribution >= 0.6 is 0 Å². The van der Waals surface area contributed by atoms with Crippen molar-refractivity contribution in [3.63, 3.8) is 0 Å². The number of esters is 1. The van der Waals surface area contributed by atoms with E-state index in [-0.39, 0.29) is 6.54 Å². The van der Waals surface area contributed by atoms with Crippen LogP contribution in [-0.4, -0.2) is 34.6 Å². The monoisotopic (exact) mass is 408 g/mol. The molecule has 0 aliphatic carbocycles. The third kappa shape index (κ3) is 5.11. The molecule has 0 amide bonds. The van der Waals surface area contributed by atoms with Gasteiger partial charge in [0.2, 0.25) is 0 Å². The van der Waals surface area contributed by atoms with Crippen molar-refractivity contribution in [2.24, 2.45) is 0 Å². The summed E-state index contributed by atoms with van der Waals surface area (Å²) in [6, 6.07) is 16.8. The molecule has 8 heteroatoms. The lowest BCUT2D eigenvalue weighted by Crippen LogP contribution is -2.41. The van der Waals surface area contributed by atoms with E-state index in [1.54, 1.807) is 24.3 Å². The van der Waals surface area contributed by atoms with Gasteiger partial charge < -0.3 is 9.47 Å². The van der Waals surface area contributed by atoms with Gasteiger partial charge in [-0.3, -0.25) is 19.0 Å². The zero-order chi connectivity index (χ0) is 21.5. The third-order valence-electron chi connectivity index (χ3n) is 4.40. The van der Waals surface area contributed by atoms with Gasteiger partial charge in [0.05, 0.1) is 13.7 Å². The first-order valence-corrected chi connectivity index (χ1v) is 9.15. The van der Waals surface area contributed by atoms with Crippen LogP contribution in [0.4, 0.5) is 0 Å². The molecule has 0 atom stereocenters. The van der Waals surface area contributed by atoms with Crippen LogP contribution in [0.2, 0.25) is 0 Å². The molecule has 8 nitrogen and oxygen atoms in total. The summed E-state index contributed by atoms with van der Waals surface area (Å²) in [5.74, 6) is -0.666. The molecule has 0 radical (unpaired) electrons. The highest BCUT2D eigenvalue weighted by Gasteiger charge is 2.14. The van der Waals surface area contributed by atoms with Gasteiger partial charge in [0.25, 0.3) is 5.56 Å². The number of hydrogen-bond donors (Lipinski definition) is 0. The predicted octanol–water partition coefficient (Wildman–Crippen LogP) is 1.49. The molecular weight excluding hydrogens is 388 g/mol. The number of aromatic nitrogens is 2. The Morgan fingerprint density at radius 3 is 2.30 bits per heavy atom. The van der Waals surface area contributed by atoms with Crippen molar-refractivity contribution in [2.75, 3.05) is 13.7 Å². The molecule has 154 valence electrons. The maximum atomic E-state index is 12.6. The SMILES string of the molecule is COc1ccc(C(=O)COC(=O)Cn2c(=O)ccn(Cc3ccccc3)c2=O)cc1. The third-order valence-corrected chi connectivity index (χ3v) is 4.40. The molecule has 30 heavy (non-hydrogen) atoms. The van der Waals surface area contributed by atoms with Crippen LogP contribution in [0.3, 0.4) is 0 Å². The van der Waals surface area contributed by atoms with Gasteiger partial charge in [0.15, 0.2) is 12.4 Å². The normalized spacial score (nSPS) is 10.4. The topological polar surface area (TPSA) is 96.6 Å². The molecule has 0 aliphatic rings. The largest absolute Gasteiger partial charge is 0.497 e. The van der Waals surface area contributed by atoms with E-state index in [4.69, 9.17) is 9.47 Å². The first-order valence-electron chi connectivity index (χ1n) is 9.15. The molecule has 3 rings (SSSR count). The number of hydrogen-bond acceptors (Lipinski definition) is 6. The molecule has 0 saturated heterocycles. The second kappa shape index (κ2) is 9.51. The molecule has 2 aromatic carbocycles. The molecule has 1 aromatic heterocycles. The number of ether oxygens (including phenoxy) is 2. The predicted molar refractivity (Wildman–Crippen MR) is 109 cm³/mol. The Labute approximate surface area is 171 Å². The van der Waals surface area contributed by atoms with E-state index in [9.17, 15) is 19.2 Å². The number of carbonyl (C=O) groups is 2. The van der Waals surface area contributed by atoms with Gasteiger partial charge in [-0.15, -0.1) is 0 Å². The van der Waals surface area contributed by atoms with Gasteiger partial charge in [-0.25, -0.2) is 9.36 Å². The number of nitrogens with zero attached hydrogens (tertiary/aromatic N) is 2. The molecule has 0 fully saturated rings. The van der Waals surface area contributed by atoms with Gasteiger partial charge in [0, 0.05) is 17.8 Å². The summed E-state index contributed by atoms with van der Waals surface area (Å²) in [6.45, 7) is -0.820. The summed E-state index contributed by atoms with van der Waals surface area (Å²) < 4.78 is 12.1. The Hall–Kier alpha value is -3.94. The smallest absolute Gasteiger partial charge is 0.331 e. The fourth-order valence-corrected chi connectivity index (χ4v) is 2.78. The average Bonchev–Trinajstić information content (AvgIpc) is 2.77. The van der Waals surface area contributed by atoms with E-state index in [1.165, 1.54) is 23.9 Å². The summed E-state index contributed by atoms with van der Waals surface area (Å²) >= 11 is 0. The van der Waals surface area contributed by atoms with Crippen molar-refractivity contribution in [3.8, 4) is 5.75 Å². The van der Waals surface area contributed by atoms with Crippen LogP contribution < -0.4 is 16.0 Å². The van der Waals surface area contributed by atoms with E-state index < -0.39 is 36.2 Å². The van der Waals surface area contributed by atoms with Crippen LogP contribution in [0.25, 0.3) is 0 Å². The summed E-state index contributed by atoms with van der Waals surface area (Å²) in [5, 5.41) is 0. The Kier molecular flexibility index (Phi) is 6.59. The second-order valence-corrected chi connectivity index (χ2v) is 6.45. The number of rotatable bonds is 8. The number of methoxy groups -OCH3 is 1. The number of carbonyl (C=O) groups excluding carboxylic acids is 2. The lowest BCUT2D eigenvalue weighted by molar-refractivity contribution is -0.143. The molecule has 0 bridgehead atoms. The molecule has 3 aromatic rings. The minimum atomic E-state index is -0.853. The average molecular weight is 408 g/mol. The van der Waals surface area contributed by atoms with Crippen molar-refractivity contribution in [2.45, 2.75) is 13.1 Å². The molecule has 0 aliphatic heterocycles. The summed E-state index contributed by atoms with van der Waals surface area (Å²) in [7, 11) is 1.51. The van der Waals surface area contributed by atoms with Gasteiger partial charge in [-0.2, -0.15) is 0 Å². The first-order chi connectivity index (χ1) is 14.5. The molecule has 0 spiro atoms. The summed E-state index contributed by atoms with van der Waals surface area (Å²) in [5.41, 5.74) is -0.0318. The van der Waals surface area contributed by atoms with Crippen molar-refractivity contribution >= 4 is 11.8 Å². The van der Waals surface area contributed by atoms with Crippen molar-refractivity contribution in [3.05, 3.63) is 98.8 Å². The molecular formula is C22H20N2O6. The standard InChI is InChI=1S/C22H20N2O6/c1-29-18-9-7-17(8-10-18)19(25)15-30-21(27)14-24-20(26)11-12-23(22(24)28)13-16-5-3-2-4-6-16/h2-12H,13-15H2,1H3. The van der Waals surface area contributed by atoms with Crippen molar-refractivity contribution < 1.29 is 19.1 Å². The number of benzene rings is 2. The quantitative estimate of drug-likeness (QED) is 0.414. The minimum Gasteiger partial charge on any atom is -0.497 e. The molecule has 1 heterocycles. The van der Waals surface area contributed by atoms with E-state index in [2.05, 4.69) is 0 Å². The van der Waals surface area contributed by atoms with Gasteiger partial charge in [-0.1, -0.05) is 30.3 Å². The fraction of sp³-hybridized carbons (Fsp3) is 0.182. The lowest BCUT2D eigenvalue weighted by atomic mass is 10.1. The number of ketones is 1. The van der Waals surface area contributed by atoms with E-state index >= 15 is 0 Å². The first kappa shape index (κ1) is 20.8. The van der Waals surface area contributed by atoms with E-state index in [0.717, 1.165) is 10.1 Å². The minimum absolute atomic E-state index is 0.255. The molecule has 0 unspecified atom stereocenters. The van der Waals surface area contributed by atoms with Crippen molar-refractivity contribution in [1.82, 2.24) is 9.13 Å². The Balaban J connectivity index is 1.65. The van der Waals surface area contributed by atoms with Gasteiger partial charge >= 0.3 is 11.7 Å².